The van der Waals surface area contributed by atoms with Gasteiger partial charge in [-0.15, -0.1) is 0 Å². The Morgan fingerprint density at radius 1 is 1.20 bits per heavy atom. The second-order valence-corrected chi connectivity index (χ2v) is 4.31. The normalized spacial score (nSPS) is 10.2. The third-order valence-electron chi connectivity index (χ3n) is 2.52. The van der Waals surface area contributed by atoms with Crippen molar-refractivity contribution >= 4 is 23.2 Å². The maximum atomic E-state index is 11.7. The fourth-order valence-corrected chi connectivity index (χ4v) is 1.72. The molecule has 0 heterocycles. The van der Waals surface area contributed by atoms with Gasteiger partial charge in [-0.05, 0) is 0 Å². The molecule has 0 fully saturated rings. The molecule has 1 aromatic rings. The summed E-state index contributed by atoms with van der Waals surface area (Å²) in [5.74, 6) is 0.809. The molecule has 0 unspecified atom stereocenters. The Balaban J connectivity index is 2.65. The summed E-state index contributed by atoms with van der Waals surface area (Å²) >= 11 is 6.07. The minimum Gasteiger partial charge on any atom is -0.493 e. The lowest BCUT2D eigenvalue weighted by atomic mass is 10.2. The van der Waals surface area contributed by atoms with Crippen LogP contribution in [0.25, 0.3) is 0 Å². The highest BCUT2D eigenvalue weighted by Gasteiger charge is 2.11. The van der Waals surface area contributed by atoms with Gasteiger partial charge in [0.05, 0.1) is 38.1 Å². The van der Waals surface area contributed by atoms with Crippen LogP contribution in [0.1, 0.15) is 0 Å². The largest absolute Gasteiger partial charge is 0.493 e. The number of methoxy groups -OCH3 is 3. The van der Waals surface area contributed by atoms with Crippen LogP contribution in [0.3, 0.4) is 0 Å². The number of carbonyl (C=O) groups is 1. The molecule has 0 aliphatic heterocycles. The summed E-state index contributed by atoms with van der Waals surface area (Å²) < 4.78 is 15.2. The van der Waals surface area contributed by atoms with Crippen LogP contribution < -0.4 is 20.1 Å². The van der Waals surface area contributed by atoms with Crippen LogP contribution in [0, 0.1) is 0 Å². The summed E-state index contributed by atoms with van der Waals surface area (Å²) in [6.07, 6.45) is 0. The van der Waals surface area contributed by atoms with Crippen LogP contribution in [0.15, 0.2) is 12.1 Å². The van der Waals surface area contributed by atoms with E-state index < -0.39 is 0 Å². The number of halogens is 1. The van der Waals surface area contributed by atoms with Gasteiger partial charge in [0.25, 0.3) is 0 Å². The highest BCUT2D eigenvalue weighted by Crippen LogP contribution is 2.35. The standard InChI is InChI=1S/C13H19ClN2O4/c1-18-5-4-15-8-13(17)16-10-7-12(20-3)11(19-2)6-9(10)14/h6-7,15H,4-5,8H2,1-3H3,(H,16,17). The number of ether oxygens (including phenoxy) is 3. The Labute approximate surface area is 123 Å². The minimum absolute atomic E-state index is 0.175. The molecule has 1 aromatic carbocycles. The number of benzene rings is 1. The summed E-state index contributed by atoms with van der Waals surface area (Å²) in [5, 5.41) is 6.03. The van der Waals surface area contributed by atoms with E-state index in [-0.39, 0.29) is 12.5 Å². The van der Waals surface area contributed by atoms with Gasteiger partial charge in [-0.25, -0.2) is 0 Å². The maximum Gasteiger partial charge on any atom is 0.238 e. The zero-order chi connectivity index (χ0) is 15.0. The van der Waals surface area contributed by atoms with Gasteiger partial charge >= 0.3 is 0 Å². The zero-order valence-corrected chi connectivity index (χ0v) is 12.5. The predicted octanol–water partition coefficient (Wildman–Crippen LogP) is 1.53. The van der Waals surface area contributed by atoms with Gasteiger partial charge < -0.3 is 24.8 Å². The number of hydrogen-bond donors (Lipinski definition) is 2. The summed E-state index contributed by atoms with van der Waals surface area (Å²) in [5.41, 5.74) is 0.475. The van der Waals surface area contributed by atoms with Crippen molar-refractivity contribution in [3.05, 3.63) is 17.2 Å². The van der Waals surface area contributed by atoms with E-state index in [4.69, 9.17) is 25.8 Å². The first kappa shape index (κ1) is 16.6. The van der Waals surface area contributed by atoms with Crippen LogP contribution in [-0.2, 0) is 9.53 Å². The van der Waals surface area contributed by atoms with Crippen molar-refractivity contribution in [1.82, 2.24) is 5.32 Å². The van der Waals surface area contributed by atoms with Gasteiger partial charge in [0, 0.05) is 25.8 Å². The average Bonchev–Trinajstić information content (AvgIpc) is 2.45. The maximum absolute atomic E-state index is 11.7. The smallest absolute Gasteiger partial charge is 0.238 e. The highest BCUT2D eigenvalue weighted by molar-refractivity contribution is 6.34. The Bertz CT molecular complexity index is 454. The molecule has 0 aromatic heterocycles. The topological polar surface area (TPSA) is 68.8 Å². The van der Waals surface area contributed by atoms with E-state index in [0.717, 1.165) is 0 Å². The number of nitrogens with one attached hydrogen (secondary N) is 2. The average molecular weight is 303 g/mol. The van der Waals surface area contributed by atoms with Crippen LogP contribution in [-0.4, -0.2) is 46.9 Å². The number of hydrogen-bond acceptors (Lipinski definition) is 5. The first-order valence-corrected chi connectivity index (χ1v) is 6.41. The number of anilines is 1. The van der Waals surface area contributed by atoms with Crippen molar-refractivity contribution in [3.8, 4) is 11.5 Å². The van der Waals surface area contributed by atoms with Gasteiger partial charge in [-0.1, -0.05) is 11.6 Å². The molecule has 0 aliphatic carbocycles. The van der Waals surface area contributed by atoms with Crippen molar-refractivity contribution in [2.75, 3.05) is 46.3 Å². The molecule has 1 rings (SSSR count). The van der Waals surface area contributed by atoms with E-state index in [1.54, 1.807) is 19.2 Å². The van der Waals surface area contributed by atoms with Gasteiger partial charge in [-0.3, -0.25) is 4.79 Å². The lowest BCUT2D eigenvalue weighted by Crippen LogP contribution is -2.30. The van der Waals surface area contributed by atoms with E-state index in [1.807, 2.05) is 0 Å². The van der Waals surface area contributed by atoms with Crippen LogP contribution in [0.5, 0.6) is 11.5 Å². The first-order chi connectivity index (χ1) is 9.62. The van der Waals surface area contributed by atoms with Gasteiger partial charge in [0.15, 0.2) is 11.5 Å². The molecule has 20 heavy (non-hydrogen) atoms. The zero-order valence-electron chi connectivity index (χ0n) is 11.8. The Morgan fingerprint density at radius 2 is 1.85 bits per heavy atom. The molecule has 6 nitrogen and oxygen atoms in total. The second kappa shape index (κ2) is 8.63. The van der Waals surface area contributed by atoms with Crippen molar-refractivity contribution in [1.29, 1.82) is 0 Å². The molecule has 0 aliphatic rings. The summed E-state index contributed by atoms with van der Waals surface area (Å²) in [6, 6.07) is 3.21. The summed E-state index contributed by atoms with van der Waals surface area (Å²) in [4.78, 5) is 11.7. The molecule has 0 bridgehead atoms. The van der Waals surface area contributed by atoms with Crippen molar-refractivity contribution < 1.29 is 19.0 Å². The molecule has 0 atom stereocenters. The minimum atomic E-state index is -0.199. The summed E-state index contributed by atoms with van der Waals surface area (Å²) in [6.45, 7) is 1.32. The third kappa shape index (κ3) is 4.88. The van der Waals surface area contributed by atoms with Crippen molar-refractivity contribution in [2.24, 2.45) is 0 Å². The van der Waals surface area contributed by atoms with Crippen LogP contribution >= 0.6 is 11.6 Å². The molecule has 112 valence electrons. The molecule has 0 spiro atoms. The van der Waals surface area contributed by atoms with Crippen molar-refractivity contribution in [3.63, 3.8) is 0 Å². The van der Waals surface area contributed by atoms with E-state index in [9.17, 15) is 4.79 Å². The number of amides is 1. The van der Waals surface area contributed by atoms with E-state index in [0.29, 0.717) is 35.4 Å². The van der Waals surface area contributed by atoms with E-state index in [1.165, 1.54) is 14.2 Å². The molecule has 0 saturated heterocycles. The van der Waals surface area contributed by atoms with Crippen molar-refractivity contribution in [2.45, 2.75) is 0 Å². The van der Waals surface area contributed by atoms with Crippen LogP contribution in [0.4, 0.5) is 5.69 Å². The Kier molecular flexibility index (Phi) is 7.14. The predicted molar refractivity (Wildman–Crippen MR) is 77.9 cm³/mol. The Hall–Kier alpha value is -1.50. The summed E-state index contributed by atoms with van der Waals surface area (Å²) in [7, 11) is 4.64. The second-order valence-electron chi connectivity index (χ2n) is 3.90. The molecule has 7 heteroatoms. The molecular formula is C13H19ClN2O4. The van der Waals surface area contributed by atoms with E-state index >= 15 is 0 Å². The number of rotatable bonds is 8. The molecular weight excluding hydrogens is 284 g/mol. The molecule has 1 amide bonds. The van der Waals surface area contributed by atoms with Gasteiger partial charge in [0.1, 0.15) is 0 Å². The number of carbonyl (C=O) groups excluding carboxylic acids is 1. The lowest BCUT2D eigenvalue weighted by molar-refractivity contribution is -0.115. The fraction of sp³-hybridized carbons (Fsp3) is 0.462. The van der Waals surface area contributed by atoms with Crippen LogP contribution in [0.2, 0.25) is 5.02 Å². The monoisotopic (exact) mass is 302 g/mol. The van der Waals surface area contributed by atoms with E-state index in [2.05, 4.69) is 10.6 Å². The molecule has 0 radical (unpaired) electrons. The SMILES string of the molecule is COCCNCC(=O)Nc1cc(OC)c(OC)cc1Cl. The fourth-order valence-electron chi connectivity index (χ4n) is 1.52. The lowest BCUT2D eigenvalue weighted by Gasteiger charge is -2.12. The van der Waals surface area contributed by atoms with Gasteiger partial charge in [0.2, 0.25) is 5.91 Å². The molecule has 0 saturated carbocycles. The quantitative estimate of drug-likeness (QED) is 0.713. The van der Waals surface area contributed by atoms with Gasteiger partial charge in [-0.2, -0.15) is 0 Å². The third-order valence-corrected chi connectivity index (χ3v) is 2.83. The Morgan fingerprint density at radius 3 is 2.45 bits per heavy atom. The highest BCUT2D eigenvalue weighted by atomic mass is 35.5. The molecule has 2 N–H and O–H groups in total. The first-order valence-electron chi connectivity index (χ1n) is 6.03.